The van der Waals surface area contributed by atoms with E-state index in [-0.39, 0.29) is 17.9 Å². The van der Waals surface area contributed by atoms with E-state index in [0.717, 1.165) is 0 Å². The monoisotopic (exact) mass is 349 g/mol. The van der Waals surface area contributed by atoms with E-state index in [4.69, 9.17) is 10.00 Å². The van der Waals surface area contributed by atoms with Gasteiger partial charge in [-0.15, -0.1) is 0 Å². The maximum atomic E-state index is 13.2. The number of urea groups is 1. The lowest BCUT2D eigenvalue weighted by Crippen LogP contribution is -2.40. The van der Waals surface area contributed by atoms with Gasteiger partial charge in [-0.3, -0.25) is 0 Å². The second-order valence-corrected chi connectivity index (χ2v) is 4.95. The Kier molecular flexibility index (Phi) is 5.84. The fourth-order valence-electron chi connectivity index (χ4n) is 2.05. The Balaban J connectivity index is 2.03. The SMILES string of the molecule is N#CCOc1ccc(NC(=O)N[C@H](c2ccccc2)C(F)(F)F)cc1. The number of nitriles is 1. The van der Waals surface area contributed by atoms with Crippen LogP contribution >= 0.6 is 0 Å². The molecule has 0 saturated carbocycles. The smallest absolute Gasteiger partial charge is 0.412 e. The summed E-state index contributed by atoms with van der Waals surface area (Å²) in [7, 11) is 0. The highest BCUT2D eigenvalue weighted by molar-refractivity contribution is 5.89. The molecule has 0 aliphatic carbocycles. The molecule has 0 aliphatic rings. The van der Waals surface area contributed by atoms with Gasteiger partial charge in [0.25, 0.3) is 0 Å². The molecule has 2 aromatic rings. The molecule has 2 amide bonds. The van der Waals surface area contributed by atoms with E-state index >= 15 is 0 Å². The number of hydrogen-bond acceptors (Lipinski definition) is 3. The first kappa shape index (κ1) is 18.1. The van der Waals surface area contributed by atoms with Crippen LogP contribution in [0.15, 0.2) is 54.6 Å². The van der Waals surface area contributed by atoms with Gasteiger partial charge in [0, 0.05) is 5.69 Å². The molecule has 2 N–H and O–H groups in total. The molecule has 0 fully saturated rings. The molecule has 0 unspecified atom stereocenters. The number of nitrogens with one attached hydrogen (secondary N) is 2. The molecular formula is C17H14F3N3O2. The zero-order valence-electron chi connectivity index (χ0n) is 12.9. The summed E-state index contributed by atoms with van der Waals surface area (Å²) >= 11 is 0. The molecule has 8 heteroatoms. The molecule has 0 saturated heterocycles. The summed E-state index contributed by atoms with van der Waals surface area (Å²) in [4.78, 5) is 11.9. The van der Waals surface area contributed by atoms with Crippen molar-refractivity contribution in [2.75, 3.05) is 11.9 Å². The maximum Gasteiger partial charge on any atom is 0.412 e. The Morgan fingerprint density at radius 3 is 2.32 bits per heavy atom. The van der Waals surface area contributed by atoms with E-state index in [1.165, 1.54) is 48.5 Å². The van der Waals surface area contributed by atoms with Crippen molar-refractivity contribution >= 4 is 11.7 Å². The van der Waals surface area contributed by atoms with Crippen LogP contribution in [0.1, 0.15) is 11.6 Å². The first-order valence-corrected chi connectivity index (χ1v) is 7.19. The zero-order chi connectivity index (χ0) is 18.3. The standard InChI is InChI=1S/C17H14F3N3O2/c18-17(19,20)15(12-4-2-1-3-5-12)23-16(24)22-13-6-8-14(9-7-13)25-11-10-21/h1-9,15H,11H2,(H2,22,23,24)/t15-/m1/s1. The van der Waals surface area contributed by atoms with Crippen LogP contribution in [0.4, 0.5) is 23.7 Å². The highest BCUT2D eigenvalue weighted by Gasteiger charge is 2.41. The largest absolute Gasteiger partial charge is 0.479 e. The lowest BCUT2D eigenvalue weighted by molar-refractivity contribution is -0.154. The number of halogens is 3. The number of ether oxygens (including phenoxy) is 1. The molecule has 0 aromatic heterocycles. The van der Waals surface area contributed by atoms with Crippen molar-refractivity contribution in [2.24, 2.45) is 0 Å². The molecule has 5 nitrogen and oxygen atoms in total. The highest BCUT2D eigenvalue weighted by Crippen LogP contribution is 2.32. The van der Waals surface area contributed by atoms with E-state index in [1.54, 1.807) is 12.1 Å². The van der Waals surface area contributed by atoms with Gasteiger partial charge in [0.2, 0.25) is 0 Å². The summed E-state index contributed by atoms with van der Waals surface area (Å²) in [6.45, 7) is -0.127. The van der Waals surface area contributed by atoms with Crippen molar-refractivity contribution in [3.8, 4) is 11.8 Å². The van der Waals surface area contributed by atoms with E-state index in [2.05, 4.69) is 5.32 Å². The van der Waals surface area contributed by atoms with E-state index < -0.39 is 18.2 Å². The lowest BCUT2D eigenvalue weighted by atomic mass is 10.1. The molecule has 130 valence electrons. The summed E-state index contributed by atoms with van der Waals surface area (Å²) in [5.74, 6) is 0.407. The van der Waals surface area contributed by atoms with E-state index in [0.29, 0.717) is 5.75 Å². The predicted molar refractivity (Wildman–Crippen MR) is 84.9 cm³/mol. The molecule has 0 bridgehead atoms. The van der Waals surface area contributed by atoms with Crippen LogP contribution in [-0.4, -0.2) is 18.8 Å². The normalized spacial score (nSPS) is 11.9. The van der Waals surface area contributed by atoms with E-state index in [9.17, 15) is 18.0 Å². The molecule has 0 spiro atoms. The van der Waals surface area contributed by atoms with Crippen molar-refractivity contribution in [2.45, 2.75) is 12.2 Å². The Hall–Kier alpha value is -3.21. The Morgan fingerprint density at radius 1 is 1.12 bits per heavy atom. The number of hydrogen-bond donors (Lipinski definition) is 2. The Labute approximate surface area is 142 Å². The number of carbonyl (C=O) groups excluding carboxylic acids is 1. The van der Waals surface area contributed by atoms with Crippen molar-refractivity contribution in [3.05, 3.63) is 60.2 Å². The van der Waals surface area contributed by atoms with Gasteiger partial charge >= 0.3 is 12.2 Å². The zero-order valence-corrected chi connectivity index (χ0v) is 12.9. The van der Waals surface area contributed by atoms with Crippen LogP contribution in [0.2, 0.25) is 0 Å². The summed E-state index contributed by atoms with van der Waals surface area (Å²) in [5, 5.41) is 12.7. The van der Waals surface area contributed by atoms with Gasteiger partial charge in [-0.2, -0.15) is 18.4 Å². The third kappa shape index (κ3) is 5.42. The Bertz CT molecular complexity index is 740. The maximum absolute atomic E-state index is 13.2. The van der Waals surface area contributed by atoms with Gasteiger partial charge < -0.3 is 15.4 Å². The van der Waals surface area contributed by atoms with Crippen LogP contribution in [0.25, 0.3) is 0 Å². The Morgan fingerprint density at radius 2 is 1.76 bits per heavy atom. The minimum atomic E-state index is -4.63. The minimum Gasteiger partial charge on any atom is -0.479 e. The number of anilines is 1. The van der Waals surface area contributed by atoms with Crippen molar-refractivity contribution in [1.29, 1.82) is 5.26 Å². The van der Waals surface area contributed by atoms with Crippen molar-refractivity contribution < 1.29 is 22.7 Å². The third-order valence-corrected chi connectivity index (χ3v) is 3.15. The van der Waals surface area contributed by atoms with Crippen molar-refractivity contribution in [1.82, 2.24) is 5.32 Å². The van der Waals surface area contributed by atoms with Crippen LogP contribution in [-0.2, 0) is 0 Å². The molecule has 2 rings (SSSR count). The summed E-state index contributed by atoms with van der Waals surface area (Å²) < 4.78 is 44.6. The summed E-state index contributed by atoms with van der Waals surface area (Å²) in [6, 6.07) is 11.7. The average molecular weight is 349 g/mol. The molecule has 2 aromatic carbocycles. The molecule has 0 radical (unpaired) electrons. The van der Waals surface area contributed by atoms with E-state index in [1.807, 2.05) is 5.32 Å². The number of amides is 2. The first-order valence-electron chi connectivity index (χ1n) is 7.19. The number of rotatable bonds is 5. The number of carbonyl (C=O) groups is 1. The average Bonchev–Trinajstić information content (AvgIpc) is 2.59. The van der Waals surface area contributed by atoms with Gasteiger partial charge in [-0.05, 0) is 29.8 Å². The minimum absolute atomic E-state index is 0.0644. The fraction of sp³-hybridized carbons (Fsp3) is 0.176. The van der Waals surface area contributed by atoms with Gasteiger partial charge in [-0.25, -0.2) is 4.79 Å². The second-order valence-electron chi connectivity index (χ2n) is 4.95. The topological polar surface area (TPSA) is 74.1 Å². The fourth-order valence-corrected chi connectivity index (χ4v) is 2.05. The number of nitrogens with zero attached hydrogens (tertiary/aromatic N) is 1. The van der Waals surface area contributed by atoms with Gasteiger partial charge in [0.15, 0.2) is 12.6 Å². The van der Waals surface area contributed by atoms with Crippen LogP contribution in [0.3, 0.4) is 0 Å². The highest BCUT2D eigenvalue weighted by atomic mass is 19.4. The molecular weight excluding hydrogens is 335 g/mol. The van der Waals surface area contributed by atoms with Gasteiger partial charge in [0.1, 0.15) is 11.8 Å². The summed E-state index contributed by atoms with van der Waals surface area (Å²) in [5.41, 5.74) is 0.223. The third-order valence-electron chi connectivity index (χ3n) is 3.15. The van der Waals surface area contributed by atoms with Gasteiger partial charge in [0.05, 0.1) is 0 Å². The van der Waals surface area contributed by atoms with Gasteiger partial charge in [-0.1, -0.05) is 30.3 Å². The van der Waals surface area contributed by atoms with Crippen LogP contribution in [0, 0.1) is 11.3 Å². The molecule has 1 atom stereocenters. The molecule has 0 aliphatic heterocycles. The number of benzene rings is 2. The number of alkyl halides is 3. The van der Waals surface area contributed by atoms with Crippen molar-refractivity contribution in [3.63, 3.8) is 0 Å². The summed E-state index contributed by atoms with van der Waals surface area (Å²) in [6.07, 6.45) is -4.63. The lowest BCUT2D eigenvalue weighted by Gasteiger charge is -2.22. The quantitative estimate of drug-likeness (QED) is 0.856. The molecule has 25 heavy (non-hydrogen) atoms. The first-order chi connectivity index (χ1) is 11.9. The molecule has 0 heterocycles. The van der Waals surface area contributed by atoms with Crippen LogP contribution < -0.4 is 15.4 Å². The predicted octanol–water partition coefficient (Wildman–Crippen LogP) is 4.01. The second kappa shape index (κ2) is 8.06. The van der Waals surface area contributed by atoms with Crippen LogP contribution in [0.5, 0.6) is 5.75 Å².